The lowest BCUT2D eigenvalue weighted by Crippen LogP contribution is -2.46. The molecule has 0 spiro atoms. The van der Waals surface area contributed by atoms with Crippen LogP contribution in [0.25, 0.3) is 0 Å². The second-order valence-corrected chi connectivity index (χ2v) is 3.95. The standard InChI is InChI=1S/C11H17N3O2/c1-9-6-11(13-8-12-9)14-3-5-16-7-10(14)2-4-15/h6,8,10,15H,2-5,7H2,1H3. The van der Waals surface area contributed by atoms with Crippen LogP contribution in [0.5, 0.6) is 0 Å². The molecule has 2 heterocycles. The lowest BCUT2D eigenvalue weighted by molar-refractivity contribution is 0.0845. The summed E-state index contributed by atoms with van der Waals surface area (Å²) in [7, 11) is 0. The predicted octanol–water partition coefficient (Wildman–Crippen LogP) is 0.373. The number of aryl methyl sites for hydroxylation is 1. The Morgan fingerprint density at radius 1 is 1.56 bits per heavy atom. The van der Waals surface area contributed by atoms with Gasteiger partial charge in [-0.15, -0.1) is 0 Å². The monoisotopic (exact) mass is 223 g/mol. The lowest BCUT2D eigenvalue weighted by atomic mass is 10.1. The number of morpholine rings is 1. The van der Waals surface area contributed by atoms with E-state index in [0.717, 1.165) is 18.1 Å². The van der Waals surface area contributed by atoms with E-state index in [1.807, 2.05) is 13.0 Å². The molecule has 0 radical (unpaired) electrons. The number of aliphatic hydroxyl groups excluding tert-OH is 1. The Labute approximate surface area is 95.1 Å². The van der Waals surface area contributed by atoms with Gasteiger partial charge in [-0.2, -0.15) is 0 Å². The molecule has 1 saturated heterocycles. The van der Waals surface area contributed by atoms with E-state index in [1.165, 1.54) is 0 Å². The number of hydrogen-bond acceptors (Lipinski definition) is 5. The summed E-state index contributed by atoms with van der Waals surface area (Å²) in [6, 6.07) is 2.18. The summed E-state index contributed by atoms with van der Waals surface area (Å²) in [5.41, 5.74) is 0.958. The van der Waals surface area contributed by atoms with E-state index in [9.17, 15) is 0 Å². The Morgan fingerprint density at radius 3 is 3.19 bits per heavy atom. The van der Waals surface area contributed by atoms with E-state index >= 15 is 0 Å². The fraction of sp³-hybridized carbons (Fsp3) is 0.636. The molecule has 0 amide bonds. The van der Waals surface area contributed by atoms with Crippen molar-refractivity contribution in [2.24, 2.45) is 0 Å². The third kappa shape index (κ3) is 2.48. The van der Waals surface area contributed by atoms with Crippen molar-refractivity contribution in [3.05, 3.63) is 18.1 Å². The van der Waals surface area contributed by atoms with Gasteiger partial charge in [0.25, 0.3) is 0 Å². The second-order valence-electron chi connectivity index (χ2n) is 3.95. The van der Waals surface area contributed by atoms with Crippen LogP contribution in [0.2, 0.25) is 0 Å². The van der Waals surface area contributed by atoms with Gasteiger partial charge in [-0.05, 0) is 13.3 Å². The van der Waals surface area contributed by atoms with Gasteiger partial charge in [0.15, 0.2) is 0 Å². The molecule has 1 atom stereocenters. The van der Waals surface area contributed by atoms with Gasteiger partial charge in [-0.1, -0.05) is 0 Å². The topological polar surface area (TPSA) is 58.5 Å². The highest BCUT2D eigenvalue weighted by Gasteiger charge is 2.23. The molecule has 1 aliphatic heterocycles. The van der Waals surface area contributed by atoms with Crippen molar-refractivity contribution in [2.45, 2.75) is 19.4 Å². The summed E-state index contributed by atoms with van der Waals surface area (Å²) in [5, 5.41) is 9.02. The minimum atomic E-state index is 0.175. The first kappa shape index (κ1) is 11.3. The van der Waals surface area contributed by atoms with Gasteiger partial charge in [0.2, 0.25) is 0 Å². The number of aromatic nitrogens is 2. The summed E-state index contributed by atoms with van der Waals surface area (Å²) in [5.74, 6) is 0.925. The van der Waals surface area contributed by atoms with E-state index < -0.39 is 0 Å². The normalized spacial score (nSPS) is 21.1. The van der Waals surface area contributed by atoms with E-state index in [2.05, 4.69) is 14.9 Å². The SMILES string of the molecule is Cc1cc(N2CCOCC2CCO)ncn1. The summed E-state index contributed by atoms with van der Waals surface area (Å²) < 4.78 is 5.42. The van der Waals surface area contributed by atoms with Gasteiger partial charge in [0.1, 0.15) is 12.1 Å². The van der Waals surface area contributed by atoms with Crippen LogP contribution in [-0.4, -0.2) is 47.5 Å². The predicted molar refractivity (Wildman–Crippen MR) is 60.4 cm³/mol. The summed E-state index contributed by atoms with van der Waals surface area (Å²) in [4.78, 5) is 10.5. The number of anilines is 1. The van der Waals surface area contributed by atoms with Crippen LogP contribution in [0.15, 0.2) is 12.4 Å². The third-order valence-corrected chi connectivity index (χ3v) is 2.77. The molecule has 0 aromatic carbocycles. The molecule has 1 aromatic heterocycles. The fourth-order valence-electron chi connectivity index (χ4n) is 1.94. The summed E-state index contributed by atoms with van der Waals surface area (Å²) in [6.45, 7) is 4.32. The average molecular weight is 223 g/mol. The summed E-state index contributed by atoms with van der Waals surface area (Å²) >= 11 is 0. The lowest BCUT2D eigenvalue weighted by Gasteiger charge is -2.36. The Hall–Kier alpha value is -1.20. The zero-order chi connectivity index (χ0) is 11.4. The van der Waals surface area contributed by atoms with E-state index in [1.54, 1.807) is 6.33 Å². The van der Waals surface area contributed by atoms with Crippen molar-refractivity contribution in [3.63, 3.8) is 0 Å². The first-order valence-corrected chi connectivity index (χ1v) is 5.55. The van der Waals surface area contributed by atoms with Gasteiger partial charge in [-0.25, -0.2) is 9.97 Å². The number of aliphatic hydroxyl groups is 1. The Balaban J connectivity index is 2.16. The molecule has 2 rings (SSSR count). The Kier molecular flexibility index (Phi) is 3.69. The number of hydrogen-bond donors (Lipinski definition) is 1. The molecule has 1 aromatic rings. The minimum absolute atomic E-state index is 0.175. The molecule has 88 valence electrons. The van der Waals surface area contributed by atoms with E-state index in [0.29, 0.717) is 19.6 Å². The van der Waals surface area contributed by atoms with Gasteiger partial charge >= 0.3 is 0 Å². The molecular formula is C11H17N3O2. The van der Waals surface area contributed by atoms with Crippen molar-refractivity contribution in [3.8, 4) is 0 Å². The van der Waals surface area contributed by atoms with E-state index in [-0.39, 0.29) is 12.6 Å². The van der Waals surface area contributed by atoms with Crippen LogP contribution in [0.3, 0.4) is 0 Å². The molecule has 1 aliphatic rings. The smallest absolute Gasteiger partial charge is 0.132 e. The largest absolute Gasteiger partial charge is 0.396 e. The first-order valence-electron chi connectivity index (χ1n) is 5.55. The molecule has 5 nitrogen and oxygen atoms in total. The zero-order valence-corrected chi connectivity index (χ0v) is 9.46. The highest BCUT2D eigenvalue weighted by molar-refractivity contribution is 5.40. The number of nitrogens with zero attached hydrogens (tertiary/aromatic N) is 3. The summed E-state index contributed by atoms with van der Waals surface area (Å²) in [6.07, 6.45) is 2.29. The number of ether oxygens (including phenoxy) is 1. The fourth-order valence-corrected chi connectivity index (χ4v) is 1.94. The van der Waals surface area contributed by atoms with Gasteiger partial charge < -0.3 is 14.7 Å². The third-order valence-electron chi connectivity index (χ3n) is 2.77. The van der Waals surface area contributed by atoms with Crippen molar-refractivity contribution < 1.29 is 9.84 Å². The molecular weight excluding hydrogens is 206 g/mol. The molecule has 5 heteroatoms. The number of rotatable bonds is 3. The zero-order valence-electron chi connectivity index (χ0n) is 9.46. The molecule has 1 unspecified atom stereocenters. The van der Waals surface area contributed by atoms with Crippen molar-refractivity contribution in [1.29, 1.82) is 0 Å². The molecule has 0 aliphatic carbocycles. The van der Waals surface area contributed by atoms with Crippen LogP contribution in [0.4, 0.5) is 5.82 Å². The highest BCUT2D eigenvalue weighted by Crippen LogP contribution is 2.18. The Bertz CT molecular complexity index is 344. The van der Waals surface area contributed by atoms with Crippen LogP contribution in [0.1, 0.15) is 12.1 Å². The maximum absolute atomic E-state index is 9.02. The second kappa shape index (κ2) is 5.23. The highest BCUT2D eigenvalue weighted by atomic mass is 16.5. The molecule has 1 fully saturated rings. The first-order chi connectivity index (χ1) is 7.81. The van der Waals surface area contributed by atoms with Crippen LogP contribution < -0.4 is 4.90 Å². The maximum atomic E-state index is 9.02. The van der Waals surface area contributed by atoms with Gasteiger partial charge in [-0.3, -0.25) is 0 Å². The van der Waals surface area contributed by atoms with Crippen molar-refractivity contribution >= 4 is 5.82 Å². The molecule has 16 heavy (non-hydrogen) atoms. The quantitative estimate of drug-likeness (QED) is 0.802. The molecule has 0 bridgehead atoms. The Morgan fingerprint density at radius 2 is 2.44 bits per heavy atom. The van der Waals surface area contributed by atoms with Crippen LogP contribution in [0, 0.1) is 6.92 Å². The van der Waals surface area contributed by atoms with Crippen LogP contribution in [-0.2, 0) is 4.74 Å². The molecule has 1 N–H and O–H groups in total. The van der Waals surface area contributed by atoms with Crippen molar-refractivity contribution in [2.75, 3.05) is 31.3 Å². The van der Waals surface area contributed by atoms with Gasteiger partial charge in [0.05, 0.1) is 19.3 Å². The van der Waals surface area contributed by atoms with E-state index in [4.69, 9.17) is 9.84 Å². The minimum Gasteiger partial charge on any atom is -0.396 e. The van der Waals surface area contributed by atoms with Crippen LogP contribution >= 0.6 is 0 Å². The van der Waals surface area contributed by atoms with Gasteiger partial charge in [0, 0.05) is 24.9 Å². The molecule has 0 saturated carbocycles. The maximum Gasteiger partial charge on any atom is 0.132 e. The average Bonchev–Trinajstić information content (AvgIpc) is 2.30. The van der Waals surface area contributed by atoms with Crippen molar-refractivity contribution in [1.82, 2.24) is 9.97 Å².